The van der Waals surface area contributed by atoms with Crippen LogP contribution in [0.1, 0.15) is 23.7 Å². The summed E-state index contributed by atoms with van der Waals surface area (Å²) in [5, 5.41) is 12.7. The third-order valence-electron chi connectivity index (χ3n) is 4.80. The Morgan fingerprint density at radius 2 is 1.67 bits per heavy atom. The molecule has 9 heteroatoms. The lowest BCUT2D eigenvalue weighted by atomic mass is 10.1. The highest BCUT2D eigenvalue weighted by molar-refractivity contribution is 7.99. The van der Waals surface area contributed by atoms with Gasteiger partial charge in [0.2, 0.25) is 5.91 Å². The van der Waals surface area contributed by atoms with Gasteiger partial charge in [-0.3, -0.25) is 19.1 Å². The summed E-state index contributed by atoms with van der Waals surface area (Å²) in [5.41, 5.74) is 2.91. The molecule has 2 aromatic carbocycles. The molecule has 0 saturated heterocycles. The molecular weight excluding hydrogens is 458 g/mol. The standard InChI is InChI=1S/C24H20ClN5O2S/c1-2-22(32)27-19-7-3-16(4-8-19)21(31)15-33-24-29-28-23(17-11-13-26-14-12-17)30(24)20-9-5-18(25)6-10-20/h3-14H,2,15H2,1H3,(H,27,32). The van der Waals surface area contributed by atoms with E-state index in [0.29, 0.717) is 33.7 Å². The zero-order valence-corrected chi connectivity index (χ0v) is 19.3. The summed E-state index contributed by atoms with van der Waals surface area (Å²) in [5.74, 6) is 0.703. The van der Waals surface area contributed by atoms with Crippen LogP contribution in [0.2, 0.25) is 5.02 Å². The minimum absolute atomic E-state index is 0.0514. The molecule has 33 heavy (non-hydrogen) atoms. The fourth-order valence-corrected chi connectivity index (χ4v) is 4.05. The number of anilines is 1. The fraction of sp³-hybridized carbons (Fsp3) is 0.125. The number of Topliss-reactive ketones (excluding diaryl/α,β-unsaturated/α-hetero) is 1. The first kappa shape index (κ1) is 22.7. The molecule has 0 unspecified atom stereocenters. The Labute approximate surface area is 200 Å². The number of rotatable bonds is 8. The molecule has 0 bridgehead atoms. The van der Waals surface area contributed by atoms with Gasteiger partial charge < -0.3 is 5.32 Å². The van der Waals surface area contributed by atoms with Crippen LogP contribution >= 0.6 is 23.4 Å². The van der Waals surface area contributed by atoms with Crippen LogP contribution in [0.4, 0.5) is 5.69 Å². The predicted molar refractivity (Wildman–Crippen MR) is 130 cm³/mol. The molecule has 0 atom stereocenters. The van der Waals surface area contributed by atoms with Crippen LogP contribution in [0.3, 0.4) is 0 Å². The summed E-state index contributed by atoms with van der Waals surface area (Å²) in [7, 11) is 0. The molecule has 0 aliphatic carbocycles. The normalized spacial score (nSPS) is 10.7. The quantitative estimate of drug-likeness (QED) is 0.273. The van der Waals surface area contributed by atoms with Crippen molar-refractivity contribution in [3.05, 3.63) is 83.6 Å². The van der Waals surface area contributed by atoms with E-state index in [1.54, 1.807) is 55.7 Å². The van der Waals surface area contributed by atoms with Crippen molar-refractivity contribution in [1.82, 2.24) is 19.7 Å². The Morgan fingerprint density at radius 3 is 2.33 bits per heavy atom. The summed E-state index contributed by atoms with van der Waals surface area (Å²) in [6.07, 6.45) is 3.78. The van der Waals surface area contributed by atoms with Gasteiger partial charge in [0, 0.05) is 46.3 Å². The Balaban J connectivity index is 1.55. The minimum atomic E-state index is -0.0730. The van der Waals surface area contributed by atoms with E-state index >= 15 is 0 Å². The molecule has 0 radical (unpaired) electrons. The molecular formula is C24H20ClN5O2S. The van der Waals surface area contributed by atoms with E-state index in [1.807, 2.05) is 28.8 Å². The fourth-order valence-electron chi connectivity index (χ4n) is 3.08. The van der Waals surface area contributed by atoms with E-state index in [1.165, 1.54) is 11.8 Å². The number of nitrogens with zero attached hydrogens (tertiary/aromatic N) is 4. The molecule has 7 nitrogen and oxygen atoms in total. The number of hydrogen-bond donors (Lipinski definition) is 1. The number of benzene rings is 2. The highest BCUT2D eigenvalue weighted by Gasteiger charge is 2.18. The van der Waals surface area contributed by atoms with Crippen LogP contribution in [0.15, 0.2) is 78.2 Å². The zero-order valence-electron chi connectivity index (χ0n) is 17.7. The number of amides is 1. The monoisotopic (exact) mass is 477 g/mol. The van der Waals surface area contributed by atoms with Crippen LogP contribution in [-0.2, 0) is 4.79 Å². The van der Waals surface area contributed by atoms with Gasteiger partial charge in [-0.1, -0.05) is 30.3 Å². The molecule has 1 amide bonds. The number of halogens is 1. The summed E-state index contributed by atoms with van der Waals surface area (Å²) >= 11 is 7.37. The molecule has 0 aliphatic rings. The van der Waals surface area contributed by atoms with Crippen molar-refractivity contribution in [1.29, 1.82) is 0 Å². The van der Waals surface area contributed by atoms with Gasteiger partial charge in [0.15, 0.2) is 16.8 Å². The van der Waals surface area contributed by atoms with Crippen LogP contribution in [0, 0.1) is 0 Å². The molecule has 0 fully saturated rings. The summed E-state index contributed by atoms with van der Waals surface area (Å²) < 4.78 is 1.90. The number of pyridine rings is 1. The van der Waals surface area contributed by atoms with Crippen molar-refractivity contribution in [2.45, 2.75) is 18.5 Å². The van der Waals surface area contributed by atoms with Crippen molar-refractivity contribution in [2.75, 3.05) is 11.1 Å². The highest BCUT2D eigenvalue weighted by atomic mass is 35.5. The Hall–Kier alpha value is -3.49. The van der Waals surface area contributed by atoms with Crippen molar-refractivity contribution < 1.29 is 9.59 Å². The van der Waals surface area contributed by atoms with Gasteiger partial charge in [0.1, 0.15) is 0 Å². The number of hydrogen-bond acceptors (Lipinski definition) is 6. The molecule has 4 rings (SSSR count). The second-order valence-corrected chi connectivity index (χ2v) is 8.42. The van der Waals surface area contributed by atoms with E-state index < -0.39 is 0 Å². The summed E-state index contributed by atoms with van der Waals surface area (Å²) in [6, 6.07) is 17.9. The third-order valence-corrected chi connectivity index (χ3v) is 5.98. The maximum absolute atomic E-state index is 12.8. The zero-order chi connectivity index (χ0) is 23.2. The second kappa shape index (κ2) is 10.4. The van der Waals surface area contributed by atoms with Gasteiger partial charge in [0.25, 0.3) is 0 Å². The molecule has 1 N–H and O–H groups in total. The largest absolute Gasteiger partial charge is 0.326 e. The molecule has 4 aromatic rings. The Morgan fingerprint density at radius 1 is 0.970 bits per heavy atom. The minimum Gasteiger partial charge on any atom is -0.326 e. The number of nitrogens with one attached hydrogen (secondary N) is 1. The first-order valence-corrected chi connectivity index (χ1v) is 11.6. The van der Waals surface area contributed by atoms with Crippen LogP contribution in [-0.4, -0.2) is 37.2 Å². The van der Waals surface area contributed by atoms with E-state index in [4.69, 9.17) is 11.6 Å². The van der Waals surface area contributed by atoms with Gasteiger partial charge in [-0.2, -0.15) is 0 Å². The van der Waals surface area contributed by atoms with E-state index in [2.05, 4.69) is 20.5 Å². The topological polar surface area (TPSA) is 89.8 Å². The van der Waals surface area contributed by atoms with E-state index in [-0.39, 0.29) is 17.4 Å². The number of carbonyl (C=O) groups is 2. The van der Waals surface area contributed by atoms with Crippen LogP contribution < -0.4 is 5.32 Å². The van der Waals surface area contributed by atoms with Crippen LogP contribution in [0.25, 0.3) is 17.1 Å². The van der Waals surface area contributed by atoms with Crippen LogP contribution in [0.5, 0.6) is 0 Å². The maximum Gasteiger partial charge on any atom is 0.224 e. The first-order valence-electron chi connectivity index (χ1n) is 10.2. The molecule has 0 saturated carbocycles. The number of ketones is 1. The number of aromatic nitrogens is 4. The number of thioether (sulfide) groups is 1. The molecule has 2 heterocycles. The lowest BCUT2D eigenvalue weighted by Gasteiger charge is -2.10. The Kier molecular flexibility index (Phi) is 7.16. The van der Waals surface area contributed by atoms with Crippen molar-refractivity contribution in [3.8, 4) is 17.1 Å². The van der Waals surface area contributed by atoms with Crippen molar-refractivity contribution >= 4 is 40.7 Å². The molecule has 166 valence electrons. The lowest BCUT2D eigenvalue weighted by Crippen LogP contribution is -2.10. The smallest absolute Gasteiger partial charge is 0.224 e. The average molecular weight is 478 g/mol. The van der Waals surface area contributed by atoms with Gasteiger partial charge in [-0.25, -0.2) is 0 Å². The summed E-state index contributed by atoms with van der Waals surface area (Å²) in [6.45, 7) is 1.79. The van der Waals surface area contributed by atoms with Gasteiger partial charge >= 0.3 is 0 Å². The Bertz CT molecular complexity index is 1260. The van der Waals surface area contributed by atoms with Crippen molar-refractivity contribution in [2.24, 2.45) is 0 Å². The second-order valence-electron chi connectivity index (χ2n) is 7.04. The predicted octanol–water partition coefficient (Wildman–Crippen LogP) is 5.31. The first-order chi connectivity index (χ1) is 16.0. The molecule has 2 aromatic heterocycles. The van der Waals surface area contributed by atoms with Gasteiger partial charge in [-0.15, -0.1) is 10.2 Å². The van der Waals surface area contributed by atoms with E-state index in [0.717, 1.165) is 11.3 Å². The lowest BCUT2D eigenvalue weighted by molar-refractivity contribution is -0.115. The van der Waals surface area contributed by atoms with E-state index in [9.17, 15) is 9.59 Å². The SMILES string of the molecule is CCC(=O)Nc1ccc(C(=O)CSc2nnc(-c3ccncc3)n2-c2ccc(Cl)cc2)cc1. The van der Waals surface area contributed by atoms with Gasteiger partial charge in [-0.05, 0) is 60.7 Å². The maximum atomic E-state index is 12.8. The highest BCUT2D eigenvalue weighted by Crippen LogP contribution is 2.29. The molecule has 0 spiro atoms. The average Bonchev–Trinajstić information content (AvgIpc) is 3.28. The molecule has 0 aliphatic heterocycles. The third kappa shape index (κ3) is 5.47. The number of carbonyl (C=O) groups excluding carboxylic acids is 2. The summed E-state index contributed by atoms with van der Waals surface area (Å²) in [4.78, 5) is 28.4. The van der Waals surface area contributed by atoms with Crippen molar-refractivity contribution in [3.63, 3.8) is 0 Å². The van der Waals surface area contributed by atoms with Gasteiger partial charge in [0.05, 0.1) is 5.75 Å².